The molecule has 0 atom stereocenters. The van der Waals surface area contributed by atoms with Crippen LogP contribution in [-0.2, 0) is 25.8 Å². The molecule has 0 saturated carbocycles. The quantitative estimate of drug-likeness (QED) is 0.677. The lowest BCUT2D eigenvalue weighted by molar-refractivity contribution is 0.627. The van der Waals surface area contributed by atoms with Gasteiger partial charge in [-0.1, -0.05) is 24.3 Å². The summed E-state index contributed by atoms with van der Waals surface area (Å²) in [6, 6.07) is 13.4. The number of halogens is 1. The van der Waals surface area contributed by atoms with Crippen molar-refractivity contribution in [2.45, 2.75) is 45.6 Å². The Bertz CT molecular complexity index is 1060. The lowest BCUT2D eigenvalue weighted by Crippen LogP contribution is -2.33. The van der Waals surface area contributed by atoms with Crippen LogP contribution in [-0.4, -0.2) is 16.5 Å². The summed E-state index contributed by atoms with van der Waals surface area (Å²) in [5.74, 6) is 1.44. The van der Waals surface area contributed by atoms with Gasteiger partial charge in [0.15, 0.2) is 0 Å². The number of hydrogen-bond acceptors (Lipinski definition) is 4. The van der Waals surface area contributed by atoms with E-state index in [2.05, 4.69) is 34.5 Å². The fourth-order valence-corrected chi connectivity index (χ4v) is 4.46. The van der Waals surface area contributed by atoms with Gasteiger partial charge in [-0.3, -0.25) is 0 Å². The minimum absolute atomic E-state index is 0.230. The van der Waals surface area contributed by atoms with Gasteiger partial charge < -0.3 is 10.2 Å². The van der Waals surface area contributed by atoms with Crippen molar-refractivity contribution in [2.24, 2.45) is 0 Å². The summed E-state index contributed by atoms with van der Waals surface area (Å²) < 4.78 is 13.5. The fourth-order valence-electron chi connectivity index (χ4n) is 4.46. The van der Waals surface area contributed by atoms with Gasteiger partial charge in [-0.25, -0.2) is 9.37 Å². The highest BCUT2D eigenvalue weighted by Gasteiger charge is 2.24. The Morgan fingerprint density at radius 3 is 2.66 bits per heavy atom. The van der Waals surface area contributed by atoms with Crippen LogP contribution in [0.25, 0.3) is 0 Å². The molecule has 148 valence electrons. The normalized spacial score (nSPS) is 15.6. The molecular weight excluding hydrogens is 363 g/mol. The summed E-state index contributed by atoms with van der Waals surface area (Å²) in [5.41, 5.74) is 6.97. The summed E-state index contributed by atoms with van der Waals surface area (Å²) in [7, 11) is 0. The number of hydrogen-bond donors (Lipinski definition) is 1. The van der Waals surface area contributed by atoms with Crippen molar-refractivity contribution in [3.8, 4) is 0 Å². The van der Waals surface area contributed by atoms with Crippen LogP contribution in [0.4, 0.5) is 21.8 Å². The average Bonchev–Trinajstić information content (AvgIpc) is 2.75. The van der Waals surface area contributed by atoms with E-state index in [-0.39, 0.29) is 5.82 Å². The molecule has 0 amide bonds. The number of nitrogens with zero attached hydrogens (tertiary/aromatic N) is 3. The van der Waals surface area contributed by atoms with Gasteiger partial charge in [-0.2, -0.15) is 4.98 Å². The van der Waals surface area contributed by atoms with E-state index in [4.69, 9.17) is 9.97 Å². The van der Waals surface area contributed by atoms with E-state index in [9.17, 15) is 4.39 Å². The molecule has 2 aromatic carbocycles. The van der Waals surface area contributed by atoms with Crippen LogP contribution in [0.15, 0.2) is 42.5 Å². The topological polar surface area (TPSA) is 41.1 Å². The van der Waals surface area contributed by atoms with Gasteiger partial charge in [0, 0.05) is 24.3 Å². The first-order valence-corrected chi connectivity index (χ1v) is 10.4. The number of fused-ring (bicyclic) bond motifs is 2. The van der Waals surface area contributed by atoms with E-state index in [0.29, 0.717) is 5.95 Å². The second-order valence-corrected chi connectivity index (χ2v) is 8.03. The summed E-state index contributed by atoms with van der Waals surface area (Å²) in [4.78, 5) is 12.2. The Balaban J connectivity index is 1.52. The standard InChI is InChI=1S/C24H25FN4/c1-16-14-19(25)10-11-21(16)26-24-27-22-9-5-4-8-20(22)23(28-24)29-13-12-17-6-2-3-7-18(17)15-29/h2-3,6-7,10-11,14H,4-5,8-9,12-13,15H2,1H3,(H,26,27,28). The van der Waals surface area contributed by atoms with E-state index in [0.717, 1.165) is 55.1 Å². The minimum Gasteiger partial charge on any atom is -0.352 e. The molecule has 0 spiro atoms. The minimum atomic E-state index is -0.230. The molecule has 1 aliphatic carbocycles. The van der Waals surface area contributed by atoms with Crippen LogP contribution >= 0.6 is 0 Å². The van der Waals surface area contributed by atoms with Crippen molar-refractivity contribution >= 4 is 17.5 Å². The molecule has 1 N–H and O–H groups in total. The van der Waals surface area contributed by atoms with Crippen LogP contribution in [0.1, 0.15) is 40.8 Å². The Morgan fingerprint density at radius 2 is 1.79 bits per heavy atom. The van der Waals surface area contributed by atoms with Gasteiger partial charge in [-0.05, 0) is 73.9 Å². The van der Waals surface area contributed by atoms with Gasteiger partial charge in [-0.15, -0.1) is 0 Å². The zero-order valence-electron chi connectivity index (χ0n) is 16.7. The number of nitrogens with one attached hydrogen (secondary N) is 1. The Labute approximate surface area is 170 Å². The van der Waals surface area contributed by atoms with Crippen LogP contribution in [0, 0.1) is 12.7 Å². The molecule has 0 unspecified atom stereocenters. The van der Waals surface area contributed by atoms with E-state index in [1.165, 1.54) is 41.7 Å². The average molecular weight is 388 g/mol. The smallest absolute Gasteiger partial charge is 0.229 e. The van der Waals surface area contributed by atoms with Crippen molar-refractivity contribution in [3.63, 3.8) is 0 Å². The molecule has 3 aromatic rings. The second kappa shape index (κ2) is 7.47. The highest BCUT2D eigenvalue weighted by Crippen LogP contribution is 2.33. The summed E-state index contributed by atoms with van der Waals surface area (Å²) in [5, 5.41) is 3.33. The number of aryl methyl sites for hydroxylation is 2. The summed E-state index contributed by atoms with van der Waals surface area (Å²) in [6.07, 6.45) is 5.43. The van der Waals surface area contributed by atoms with Crippen LogP contribution in [0.2, 0.25) is 0 Å². The lowest BCUT2D eigenvalue weighted by Gasteiger charge is -2.33. The first-order chi connectivity index (χ1) is 14.2. The zero-order chi connectivity index (χ0) is 19.8. The third kappa shape index (κ3) is 3.57. The largest absolute Gasteiger partial charge is 0.352 e. The predicted octanol–water partition coefficient (Wildman–Crippen LogP) is 5.11. The highest BCUT2D eigenvalue weighted by atomic mass is 19.1. The van der Waals surface area contributed by atoms with Crippen molar-refractivity contribution in [1.82, 2.24) is 9.97 Å². The van der Waals surface area contributed by atoms with E-state index in [1.807, 2.05) is 6.92 Å². The Kier molecular flexibility index (Phi) is 4.66. The van der Waals surface area contributed by atoms with Crippen LogP contribution in [0.3, 0.4) is 0 Å². The summed E-state index contributed by atoms with van der Waals surface area (Å²) >= 11 is 0. The molecule has 2 heterocycles. The molecule has 4 nitrogen and oxygen atoms in total. The maximum absolute atomic E-state index is 13.5. The molecule has 1 aliphatic heterocycles. The molecule has 0 radical (unpaired) electrons. The Morgan fingerprint density at radius 1 is 0.966 bits per heavy atom. The second-order valence-electron chi connectivity index (χ2n) is 8.03. The van der Waals surface area contributed by atoms with Crippen molar-refractivity contribution in [1.29, 1.82) is 0 Å². The maximum atomic E-state index is 13.5. The monoisotopic (exact) mass is 388 g/mol. The number of aromatic nitrogens is 2. The van der Waals surface area contributed by atoms with E-state index < -0.39 is 0 Å². The number of benzene rings is 2. The van der Waals surface area contributed by atoms with Gasteiger partial charge in [0.1, 0.15) is 11.6 Å². The van der Waals surface area contributed by atoms with E-state index >= 15 is 0 Å². The first kappa shape index (κ1) is 18.1. The number of anilines is 3. The lowest BCUT2D eigenvalue weighted by atomic mass is 9.94. The third-order valence-corrected chi connectivity index (χ3v) is 6.03. The Hall–Kier alpha value is -2.95. The maximum Gasteiger partial charge on any atom is 0.229 e. The van der Waals surface area contributed by atoms with Gasteiger partial charge in [0.25, 0.3) is 0 Å². The molecule has 5 rings (SSSR count). The van der Waals surface area contributed by atoms with Crippen molar-refractivity contribution < 1.29 is 4.39 Å². The third-order valence-electron chi connectivity index (χ3n) is 6.03. The number of rotatable bonds is 3. The highest BCUT2D eigenvalue weighted by molar-refractivity contribution is 5.62. The molecule has 1 aromatic heterocycles. The summed E-state index contributed by atoms with van der Waals surface area (Å²) in [6.45, 7) is 3.75. The molecule has 0 saturated heterocycles. The van der Waals surface area contributed by atoms with Gasteiger partial charge in [0.2, 0.25) is 5.95 Å². The van der Waals surface area contributed by atoms with Crippen molar-refractivity contribution in [3.05, 3.63) is 76.2 Å². The predicted molar refractivity (Wildman–Crippen MR) is 114 cm³/mol. The molecule has 2 aliphatic rings. The SMILES string of the molecule is Cc1cc(F)ccc1Nc1nc2c(c(N3CCc4ccccc4C3)n1)CCCC2. The van der Waals surface area contributed by atoms with Gasteiger partial charge in [0.05, 0.1) is 5.69 Å². The van der Waals surface area contributed by atoms with Crippen LogP contribution in [0.5, 0.6) is 0 Å². The van der Waals surface area contributed by atoms with E-state index in [1.54, 1.807) is 6.07 Å². The molecule has 0 fully saturated rings. The molecule has 29 heavy (non-hydrogen) atoms. The van der Waals surface area contributed by atoms with Crippen molar-refractivity contribution in [2.75, 3.05) is 16.8 Å². The molecule has 5 heteroatoms. The molecular formula is C24H25FN4. The zero-order valence-corrected chi connectivity index (χ0v) is 16.7. The fraction of sp³-hybridized carbons (Fsp3) is 0.333. The molecule has 0 bridgehead atoms. The van der Waals surface area contributed by atoms with Crippen LogP contribution < -0.4 is 10.2 Å². The first-order valence-electron chi connectivity index (χ1n) is 10.4. The van der Waals surface area contributed by atoms with Gasteiger partial charge >= 0.3 is 0 Å².